The zero-order chi connectivity index (χ0) is 36.5. The van der Waals surface area contributed by atoms with E-state index in [9.17, 15) is 14.4 Å². The molecule has 0 atom stereocenters. The Morgan fingerprint density at radius 3 is 1.00 bits per heavy atom. The molecule has 7 aromatic carbocycles. The van der Waals surface area contributed by atoms with Gasteiger partial charge < -0.3 is 15.3 Å². The van der Waals surface area contributed by atoms with Crippen LogP contribution in [0.1, 0.15) is 79.0 Å². The fourth-order valence-corrected chi connectivity index (χ4v) is 7.31. The second-order valence-electron chi connectivity index (χ2n) is 13.1. The van der Waals surface area contributed by atoms with E-state index in [1.807, 2.05) is 91.0 Å². The molecule has 7 aromatic rings. The zero-order valence-corrected chi connectivity index (χ0v) is 31.0. The molecule has 53 heavy (non-hydrogen) atoms. The van der Waals surface area contributed by atoms with Gasteiger partial charge in [-0.1, -0.05) is 161 Å². The van der Waals surface area contributed by atoms with Gasteiger partial charge in [0.05, 0.1) is 16.7 Å². The smallest absolute Gasteiger partial charge is 0.336 e. The van der Waals surface area contributed by atoms with Gasteiger partial charge in [0.15, 0.2) is 0 Å². The van der Waals surface area contributed by atoms with Gasteiger partial charge >= 0.3 is 17.9 Å². The van der Waals surface area contributed by atoms with Crippen LogP contribution in [0.5, 0.6) is 0 Å². The summed E-state index contributed by atoms with van der Waals surface area (Å²) >= 11 is 0. The third-order valence-electron chi connectivity index (χ3n) is 9.79. The molecule has 0 aliphatic heterocycles. The zero-order valence-electron chi connectivity index (χ0n) is 29.4. The molecule has 0 aromatic heterocycles. The summed E-state index contributed by atoms with van der Waals surface area (Å²) in [6.45, 7) is 0. The number of carbonyl (C=O) groups is 3. The van der Waals surface area contributed by atoms with Crippen LogP contribution in [0.3, 0.4) is 0 Å². The standard InChI is InChI=1S/C13H17.3C11H8O2.Ti/c1-3-7-12-10(5-1)9-11-6-2-4-8-13(11)12;3*12-11(13)10-7-3-5-8-4-1-2-6-9(8)10;/h9H,1-8H2;3*1-7H,(H,12,13);/q-1;;;;. The molecule has 6 nitrogen and oxygen atoms in total. The van der Waals surface area contributed by atoms with E-state index >= 15 is 0 Å². The molecule has 3 N–H and O–H groups in total. The van der Waals surface area contributed by atoms with Gasteiger partial charge in [0.25, 0.3) is 0 Å². The molecule has 9 rings (SSSR count). The SMILES string of the molecule is O=C(O)c1cccc2ccccc12.O=C(O)c1cccc2ccccc12.O=C(O)c1cccc2ccccc12.[Ti].[cH-]1c2c(c3c1CCCC3)CCCC2. The molecular weight excluding hydrogens is 696 g/mol. The van der Waals surface area contributed by atoms with Gasteiger partial charge in [-0.05, 0) is 50.5 Å². The summed E-state index contributed by atoms with van der Waals surface area (Å²) in [4.78, 5) is 32.4. The van der Waals surface area contributed by atoms with Crippen molar-refractivity contribution in [2.45, 2.75) is 51.4 Å². The van der Waals surface area contributed by atoms with Crippen LogP contribution in [0.15, 0.2) is 133 Å². The van der Waals surface area contributed by atoms with Crippen LogP contribution in [0.4, 0.5) is 0 Å². The van der Waals surface area contributed by atoms with Crippen LogP contribution in [0.25, 0.3) is 32.3 Å². The molecule has 0 bridgehead atoms. The van der Waals surface area contributed by atoms with E-state index in [1.165, 1.54) is 51.4 Å². The van der Waals surface area contributed by atoms with E-state index in [-0.39, 0.29) is 21.7 Å². The van der Waals surface area contributed by atoms with Gasteiger partial charge in [-0.3, -0.25) is 0 Å². The number of benzene rings is 6. The first kappa shape index (κ1) is 38.8. The van der Waals surface area contributed by atoms with Gasteiger partial charge in [0.1, 0.15) is 0 Å². The molecule has 0 amide bonds. The Kier molecular flexibility index (Phi) is 13.4. The molecule has 7 heteroatoms. The van der Waals surface area contributed by atoms with Crippen molar-refractivity contribution in [2.24, 2.45) is 0 Å². The van der Waals surface area contributed by atoms with E-state index in [0.717, 1.165) is 32.3 Å². The van der Waals surface area contributed by atoms with E-state index in [2.05, 4.69) is 6.07 Å². The van der Waals surface area contributed by atoms with Gasteiger partial charge in [0.2, 0.25) is 0 Å². The maximum Gasteiger partial charge on any atom is 0.336 e. The number of aromatic carboxylic acids is 3. The quantitative estimate of drug-likeness (QED) is 0.123. The van der Waals surface area contributed by atoms with Gasteiger partial charge in [0, 0.05) is 21.7 Å². The topological polar surface area (TPSA) is 112 Å². The molecule has 0 radical (unpaired) electrons. The summed E-state index contributed by atoms with van der Waals surface area (Å²) in [5, 5.41) is 31.9. The third kappa shape index (κ3) is 9.33. The van der Waals surface area contributed by atoms with Gasteiger partial charge in [-0.2, -0.15) is 28.3 Å². The van der Waals surface area contributed by atoms with Gasteiger partial charge in [-0.25, -0.2) is 14.4 Å². The maximum absolute atomic E-state index is 10.8. The fraction of sp³-hybridized carbons (Fsp3) is 0.174. The number of fused-ring (bicyclic) bond motifs is 6. The fourth-order valence-electron chi connectivity index (χ4n) is 7.31. The molecule has 0 unspecified atom stereocenters. The van der Waals surface area contributed by atoms with Crippen molar-refractivity contribution in [3.05, 3.63) is 172 Å². The van der Waals surface area contributed by atoms with Crippen molar-refractivity contribution in [3.8, 4) is 0 Å². The summed E-state index contributed by atoms with van der Waals surface area (Å²) in [6.07, 6.45) is 11.2. The minimum Gasteiger partial charge on any atom is -0.478 e. The Labute approximate surface area is 324 Å². The van der Waals surface area contributed by atoms with Crippen LogP contribution in [-0.4, -0.2) is 33.2 Å². The molecule has 266 valence electrons. The predicted molar refractivity (Wildman–Crippen MR) is 208 cm³/mol. The largest absolute Gasteiger partial charge is 0.478 e. The molecule has 0 heterocycles. The average molecular weight is 738 g/mol. The number of aryl methyl sites for hydroxylation is 2. The van der Waals surface area contributed by atoms with E-state index in [0.29, 0.717) is 16.7 Å². The van der Waals surface area contributed by atoms with E-state index in [4.69, 9.17) is 15.3 Å². The average Bonchev–Trinajstić information content (AvgIpc) is 3.57. The molecule has 2 aliphatic carbocycles. The van der Waals surface area contributed by atoms with Crippen LogP contribution in [-0.2, 0) is 47.4 Å². The number of carboxylic acids is 3. The summed E-state index contributed by atoms with van der Waals surface area (Å²) in [6, 6.07) is 40.7. The van der Waals surface area contributed by atoms with Crippen LogP contribution < -0.4 is 0 Å². The van der Waals surface area contributed by atoms with E-state index in [1.54, 1.807) is 58.7 Å². The molecule has 0 spiro atoms. The number of rotatable bonds is 3. The number of hydrogen-bond donors (Lipinski definition) is 3. The summed E-state index contributed by atoms with van der Waals surface area (Å²) in [5.41, 5.74) is 8.02. The Bertz CT molecular complexity index is 2110. The van der Waals surface area contributed by atoms with Crippen LogP contribution in [0, 0.1) is 0 Å². The van der Waals surface area contributed by atoms with Crippen molar-refractivity contribution < 1.29 is 51.4 Å². The Balaban J connectivity index is 0.000000135. The molecular formula is C46H41O6Ti-. The molecule has 2 aliphatic rings. The second kappa shape index (κ2) is 18.4. The van der Waals surface area contributed by atoms with E-state index < -0.39 is 17.9 Å². The van der Waals surface area contributed by atoms with Crippen molar-refractivity contribution in [1.29, 1.82) is 0 Å². The third-order valence-corrected chi connectivity index (χ3v) is 9.79. The van der Waals surface area contributed by atoms with Crippen molar-refractivity contribution in [2.75, 3.05) is 0 Å². The summed E-state index contributed by atoms with van der Waals surface area (Å²) in [5.74, 6) is -2.63. The first-order valence-electron chi connectivity index (χ1n) is 17.7. The maximum atomic E-state index is 10.8. The minimum atomic E-state index is -0.878. The molecule has 0 saturated carbocycles. The number of hydrogen-bond acceptors (Lipinski definition) is 3. The molecule has 0 fully saturated rings. The first-order valence-corrected chi connectivity index (χ1v) is 17.7. The minimum absolute atomic E-state index is 0. The summed E-state index contributed by atoms with van der Waals surface area (Å²) in [7, 11) is 0. The summed E-state index contributed by atoms with van der Waals surface area (Å²) < 4.78 is 0. The normalized spacial score (nSPS) is 12.6. The number of carboxylic acid groups (broad SMARTS) is 3. The first-order chi connectivity index (χ1) is 25.3. The Morgan fingerprint density at radius 2 is 0.679 bits per heavy atom. The molecule has 0 saturated heterocycles. The van der Waals surface area contributed by atoms with Crippen molar-refractivity contribution >= 4 is 50.2 Å². The Morgan fingerprint density at radius 1 is 0.396 bits per heavy atom. The Hall–Kier alpha value is -5.43. The second-order valence-corrected chi connectivity index (χ2v) is 13.1. The van der Waals surface area contributed by atoms with Crippen molar-refractivity contribution in [1.82, 2.24) is 0 Å². The van der Waals surface area contributed by atoms with Crippen LogP contribution >= 0.6 is 0 Å². The van der Waals surface area contributed by atoms with Gasteiger partial charge in [-0.15, -0.1) is 0 Å². The van der Waals surface area contributed by atoms with Crippen LogP contribution in [0.2, 0.25) is 0 Å². The monoisotopic (exact) mass is 737 g/mol. The van der Waals surface area contributed by atoms with Crippen molar-refractivity contribution in [3.63, 3.8) is 0 Å². The predicted octanol–water partition coefficient (Wildman–Crippen LogP) is 10.8.